The summed E-state index contributed by atoms with van der Waals surface area (Å²) in [6, 6.07) is 13.2. The molecule has 0 saturated carbocycles. The van der Waals surface area contributed by atoms with Crippen molar-refractivity contribution in [2.75, 3.05) is 13.7 Å². The van der Waals surface area contributed by atoms with E-state index in [1.54, 1.807) is 7.11 Å². The van der Waals surface area contributed by atoms with Crippen molar-refractivity contribution in [3.8, 4) is 23.3 Å². The highest BCUT2D eigenvalue weighted by Gasteiger charge is 2.20. The normalized spacial score (nSPS) is 11.5. The average molecular weight is 382 g/mol. The zero-order chi connectivity index (χ0) is 20.5. The molecule has 0 spiro atoms. The Morgan fingerprint density at radius 2 is 1.96 bits per heavy atom. The number of rotatable bonds is 8. The summed E-state index contributed by atoms with van der Waals surface area (Å²) in [7, 11) is 1.62. The van der Waals surface area contributed by atoms with Crippen LogP contribution in [0.4, 0.5) is 0 Å². The van der Waals surface area contributed by atoms with E-state index in [1.807, 2.05) is 63.2 Å². The van der Waals surface area contributed by atoms with Crippen LogP contribution in [0.1, 0.15) is 30.5 Å². The zero-order valence-electron chi connectivity index (χ0n) is 16.7. The first-order valence-electron chi connectivity index (χ1n) is 9.12. The molecule has 148 valence electrons. The molecule has 2 aromatic rings. The molecule has 5 nitrogen and oxygen atoms in total. The van der Waals surface area contributed by atoms with Crippen LogP contribution in [-0.4, -0.2) is 37.0 Å². The van der Waals surface area contributed by atoms with Gasteiger partial charge in [0.15, 0.2) is 6.10 Å². The van der Waals surface area contributed by atoms with Gasteiger partial charge in [0.05, 0.1) is 13.2 Å². The third-order valence-electron chi connectivity index (χ3n) is 3.99. The van der Waals surface area contributed by atoms with E-state index in [2.05, 4.69) is 11.8 Å². The highest BCUT2D eigenvalue weighted by Crippen LogP contribution is 2.21. The molecule has 0 heterocycles. The first kappa shape index (κ1) is 21.3. The molecule has 0 bridgehead atoms. The van der Waals surface area contributed by atoms with Crippen LogP contribution in [0, 0.1) is 18.8 Å². The molecule has 2 aromatic carbocycles. The summed E-state index contributed by atoms with van der Waals surface area (Å²) in [5.41, 5.74) is 2.65. The van der Waals surface area contributed by atoms with Crippen LogP contribution >= 0.6 is 0 Å². The van der Waals surface area contributed by atoms with Gasteiger partial charge in [-0.2, -0.15) is 0 Å². The van der Waals surface area contributed by atoms with Crippen LogP contribution in [0.2, 0.25) is 0 Å². The van der Waals surface area contributed by atoms with Gasteiger partial charge in [-0.25, -0.2) is 4.79 Å². The molecular weight excluding hydrogens is 356 g/mol. The molecular formula is C23H26O5. The standard InChI is InChI=1S/C23H26O5/c1-16(2)28-22(23(24)25)15-19-11-10-17(3)21(14-19)27-12-6-8-18-7-5-9-20(13-18)26-4/h5,7,9-11,13-14,16,22H,12,15H2,1-4H3,(H,24,25). The predicted molar refractivity (Wildman–Crippen MR) is 108 cm³/mol. The summed E-state index contributed by atoms with van der Waals surface area (Å²) in [5, 5.41) is 9.34. The maximum Gasteiger partial charge on any atom is 0.333 e. The summed E-state index contributed by atoms with van der Waals surface area (Å²) < 4.78 is 16.4. The number of hydrogen-bond acceptors (Lipinski definition) is 4. The Labute approximate surface area is 166 Å². The van der Waals surface area contributed by atoms with Crippen LogP contribution in [0.25, 0.3) is 0 Å². The van der Waals surface area contributed by atoms with Gasteiger partial charge < -0.3 is 19.3 Å². The molecule has 0 aliphatic rings. The average Bonchev–Trinajstić information content (AvgIpc) is 2.66. The van der Waals surface area contributed by atoms with Crippen molar-refractivity contribution in [1.29, 1.82) is 0 Å². The van der Waals surface area contributed by atoms with E-state index in [4.69, 9.17) is 14.2 Å². The fraction of sp³-hybridized carbons (Fsp3) is 0.348. The van der Waals surface area contributed by atoms with Crippen LogP contribution < -0.4 is 9.47 Å². The van der Waals surface area contributed by atoms with Crippen molar-refractivity contribution in [2.45, 2.75) is 39.4 Å². The monoisotopic (exact) mass is 382 g/mol. The van der Waals surface area contributed by atoms with Gasteiger partial charge in [0.25, 0.3) is 0 Å². The van der Waals surface area contributed by atoms with E-state index in [0.717, 1.165) is 22.4 Å². The number of ether oxygens (including phenoxy) is 3. The lowest BCUT2D eigenvalue weighted by molar-refractivity contribution is -0.153. The van der Waals surface area contributed by atoms with Crippen molar-refractivity contribution < 1.29 is 24.1 Å². The molecule has 0 amide bonds. The third-order valence-corrected chi connectivity index (χ3v) is 3.99. The Hall–Kier alpha value is -2.97. The smallest absolute Gasteiger partial charge is 0.333 e. The van der Waals surface area contributed by atoms with Crippen molar-refractivity contribution in [3.63, 3.8) is 0 Å². The second kappa shape index (κ2) is 10.4. The minimum absolute atomic E-state index is 0.158. The Kier molecular flexibility index (Phi) is 7.91. The molecule has 1 atom stereocenters. The quantitative estimate of drug-likeness (QED) is 0.703. The predicted octanol–water partition coefficient (Wildman–Crippen LogP) is 3.85. The molecule has 0 radical (unpaired) electrons. The Balaban J connectivity index is 2.03. The van der Waals surface area contributed by atoms with Gasteiger partial charge >= 0.3 is 5.97 Å². The molecule has 1 N–H and O–H groups in total. The van der Waals surface area contributed by atoms with Gasteiger partial charge in [0.1, 0.15) is 18.1 Å². The lowest BCUT2D eigenvalue weighted by atomic mass is 10.0. The lowest BCUT2D eigenvalue weighted by Gasteiger charge is -2.17. The maximum absolute atomic E-state index is 11.4. The van der Waals surface area contributed by atoms with Crippen LogP contribution in [0.15, 0.2) is 42.5 Å². The fourth-order valence-corrected chi connectivity index (χ4v) is 2.62. The van der Waals surface area contributed by atoms with E-state index < -0.39 is 12.1 Å². The number of aryl methyl sites for hydroxylation is 1. The summed E-state index contributed by atoms with van der Waals surface area (Å²) in [6.07, 6.45) is -0.767. The van der Waals surface area contributed by atoms with E-state index in [0.29, 0.717) is 5.75 Å². The molecule has 0 aromatic heterocycles. The molecule has 0 saturated heterocycles. The maximum atomic E-state index is 11.4. The second-order valence-electron chi connectivity index (χ2n) is 6.64. The number of carboxylic acid groups (broad SMARTS) is 1. The first-order valence-corrected chi connectivity index (χ1v) is 9.12. The lowest BCUT2D eigenvalue weighted by Crippen LogP contribution is -2.29. The molecule has 28 heavy (non-hydrogen) atoms. The van der Waals surface area contributed by atoms with Crippen molar-refractivity contribution in [3.05, 3.63) is 59.2 Å². The number of benzene rings is 2. The number of aliphatic carboxylic acids is 1. The SMILES string of the molecule is COc1cccc(C#CCOc2cc(CC(OC(C)C)C(=O)O)ccc2C)c1. The summed E-state index contributed by atoms with van der Waals surface area (Å²) in [6.45, 7) is 5.81. The molecule has 0 fully saturated rings. The Morgan fingerprint density at radius 1 is 1.18 bits per heavy atom. The van der Waals surface area contributed by atoms with Gasteiger partial charge in [-0.3, -0.25) is 0 Å². The van der Waals surface area contributed by atoms with E-state index in [-0.39, 0.29) is 19.1 Å². The Bertz CT molecular complexity index is 861. The minimum atomic E-state index is -0.971. The van der Waals surface area contributed by atoms with E-state index >= 15 is 0 Å². The van der Waals surface area contributed by atoms with E-state index in [1.165, 1.54) is 0 Å². The van der Waals surface area contributed by atoms with Gasteiger partial charge in [-0.05, 0) is 56.2 Å². The van der Waals surface area contributed by atoms with Crippen molar-refractivity contribution in [2.24, 2.45) is 0 Å². The fourth-order valence-electron chi connectivity index (χ4n) is 2.62. The van der Waals surface area contributed by atoms with Crippen LogP contribution in [0.3, 0.4) is 0 Å². The highest BCUT2D eigenvalue weighted by molar-refractivity contribution is 5.72. The summed E-state index contributed by atoms with van der Waals surface area (Å²) in [4.78, 5) is 11.4. The molecule has 5 heteroatoms. The summed E-state index contributed by atoms with van der Waals surface area (Å²) >= 11 is 0. The first-order chi connectivity index (χ1) is 13.4. The van der Waals surface area contributed by atoms with Gasteiger partial charge in [0, 0.05) is 12.0 Å². The zero-order valence-corrected chi connectivity index (χ0v) is 16.7. The van der Waals surface area contributed by atoms with Crippen molar-refractivity contribution >= 4 is 5.97 Å². The Morgan fingerprint density at radius 3 is 2.64 bits per heavy atom. The molecule has 2 rings (SSSR count). The van der Waals surface area contributed by atoms with Crippen LogP contribution in [-0.2, 0) is 16.0 Å². The molecule has 0 aliphatic heterocycles. The largest absolute Gasteiger partial charge is 0.497 e. The topological polar surface area (TPSA) is 65.0 Å². The van der Waals surface area contributed by atoms with Gasteiger partial charge in [-0.15, -0.1) is 0 Å². The summed E-state index contributed by atoms with van der Waals surface area (Å²) in [5.74, 6) is 6.50. The molecule has 1 unspecified atom stereocenters. The van der Waals surface area contributed by atoms with Crippen molar-refractivity contribution in [1.82, 2.24) is 0 Å². The second-order valence-corrected chi connectivity index (χ2v) is 6.64. The van der Waals surface area contributed by atoms with Gasteiger partial charge in [-0.1, -0.05) is 30.0 Å². The number of carboxylic acids is 1. The van der Waals surface area contributed by atoms with Crippen LogP contribution in [0.5, 0.6) is 11.5 Å². The van der Waals surface area contributed by atoms with E-state index in [9.17, 15) is 9.90 Å². The third kappa shape index (κ3) is 6.64. The minimum Gasteiger partial charge on any atom is -0.497 e. The number of methoxy groups -OCH3 is 1. The number of carbonyl (C=O) groups is 1. The highest BCUT2D eigenvalue weighted by atomic mass is 16.5. The number of hydrogen-bond donors (Lipinski definition) is 1. The molecule has 0 aliphatic carbocycles. The van der Waals surface area contributed by atoms with Gasteiger partial charge in [0.2, 0.25) is 0 Å².